The van der Waals surface area contributed by atoms with Gasteiger partial charge in [0.05, 0.1) is 17.8 Å². The molecule has 0 radical (unpaired) electrons. The van der Waals surface area contributed by atoms with Crippen molar-refractivity contribution in [1.29, 1.82) is 0 Å². The van der Waals surface area contributed by atoms with Gasteiger partial charge in [-0.25, -0.2) is 0 Å². The zero-order chi connectivity index (χ0) is 25.3. The number of aromatic nitrogens is 3. The Balaban J connectivity index is 0.000000970. The molecule has 1 aliphatic carbocycles. The highest BCUT2D eigenvalue weighted by molar-refractivity contribution is 6.17. The number of carbonyl (C=O) groups is 1. The first kappa shape index (κ1) is 27.0. The maximum Gasteiger partial charge on any atom is 0.308 e. The molecule has 0 spiro atoms. The number of para-hydroxylation sites is 1. The van der Waals surface area contributed by atoms with Crippen molar-refractivity contribution in [2.45, 2.75) is 79.9 Å². The molecule has 6 nitrogen and oxygen atoms in total. The van der Waals surface area contributed by atoms with Crippen LogP contribution >= 0.6 is 0 Å². The van der Waals surface area contributed by atoms with Crippen LogP contribution in [0.3, 0.4) is 0 Å². The Bertz CT molecular complexity index is 1100. The van der Waals surface area contributed by atoms with Crippen molar-refractivity contribution in [3.63, 3.8) is 0 Å². The Morgan fingerprint density at radius 1 is 1.09 bits per heavy atom. The second-order valence-electron chi connectivity index (χ2n) is 8.43. The van der Waals surface area contributed by atoms with Crippen LogP contribution in [0.1, 0.15) is 84.6 Å². The number of rotatable bonds is 3. The van der Waals surface area contributed by atoms with Crippen molar-refractivity contribution in [3.8, 4) is 5.69 Å². The molecule has 1 aromatic heterocycles. The molecule has 6 heteroatoms. The lowest BCUT2D eigenvalue weighted by Gasteiger charge is -2.21. The van der Waals surface area contributed by atoms with Crippen LogP contribution in [0.5, 0.6) is 0 Å². The van der Waals surface area contributed by atoms with E-state index in [0.717, 1.165) is 34.8 Å². The zero-order valence-corrected chi connectivity index (χ0v) is 21.8. The molecule has 0 amide bonds. The third-order valence-corrected chi connectivity index (χ3v) is 4.87. The lowest BCUT2D eigenvalue weighted by Crippen LogP contribution is -2.25. The SMILES string of the molecule is CC.CC.Cc1nnc2n1-c1ccccc1C(C1=CC=CCC=C1)=NC2CC(=O)OC(C)(C)C. The van der Waals surface area contributed by atoms with E-state index in [1.165, 1.54) is 0 Å². The molecule has 0 bridgehead atoms. The minimum absolute atomic E-state index is 0.0969. The lowest BCUT2D eigenvalue weighted by molar-refractivity contribution is -0.155. The molecule has 34 heavy (non-hydrogen) atoms. The van der Waals surface area contributed by atoms with Crippen LogP contribution in [0.4, 0.5) is 0 Å². The van der Waals surface area contributed by atoms with E-state index in [0.29, 0.717) is 5.82 Å². The maximum atomic E-state index is 12.7. The van der Waals surface area contributed by atoms with Gasteiger partial charge in [0.15, 0.2) is 5.82 Å². The van der Waals surface area contributed by atoms with E-state index in [-0.39, 0.29) is 12.4 Å². The fourth-order valence-electron chi connectivity index (χ4n) is 3.69. The number of nitrogens with zero attached hydrogens (tertiary/aromatic N) is 4. The summed E-state index contributed by atoms with van der Waals surface area (Å²) in [7, 11) is 0. The Hall–Kier alpha value is -3.28. The summed E-state index contributed by atoms with van der Waals surface area (Å²) in [5.41, 5.74) is 3.23. The second-order valence-corrected chi connectivity index (χ2v) is 8.43. The number of aryl methyl sites for hydroxylation is 1. The van der Waals surface area contributed by atoms with Gasteiger partial charge in [0.25, 0.3) is 0 Å². The summed E-state index contributed by atoms with van der Waals surface area (Å²) in [6.07, 6.45) is 11.4. The highest BCUT2D eigenvalue weighted by Gasteiger charge is 2.31. The minimum atomic E-state index is -0.557. The Morgan fingerprint density at radius 3 is 2.50 bits per heavy atom. The van der Waals surface area contributed by atoms with Crippen LogP contribution in [0.25, 0.3) is 5.69 Å². The van der Waals surface area contributed by atoms with Crippen molar-refractivity contribution < 1.29 is 9.53 Å². The summed E-state index contributed by atoms with van der Waals surface area (Å²) in [5, 5.41) is 8.67. The van der Waals surface area contributed by atoms with Gasteiger partial charge in [-0.05, 0) is 40.2 Å². The summed E-state index contributed by atoms with van der Waals surface area (Å²) < 4.78 is 7.57. The first-order chi connectivity index (χ1) is 16.3. The topological polar surface area (TPSA) is 69.4 Å². The molecule has 0 fully saturated rings. The summed E-state index contributed by atoms with van der Waals surface area (Å²) >= 11 is 0. The van der Waals surface area contributed by atoms with Gasteiger partial charge in [-0.15, -0.1) is 10.2 Å². The smallest absolute Gasteiger partial charge is 0.308 e. The first-order valence-electron chi connectivity index (χ1n) is 12.2. The third kappa shape index (κ3) is 6.40. The largest absolute Gasteiger partial charge is 0.460 e. The number of aliphatic imine (C=N–C) groups is 1. The van der Waals surface area contributed by atoms with Crippen LogP contribution < -0.4 is 0 Å². The predicted octanol–water partition coefficient (Wildman–Crippen LogP) is 6.65. The molecule has 0 N–H and O–H groups in total. The molecule has 1 atom stereocenters. The second kappa shape index (κ2) is 12.3. The van der Waals surface area contributed by atoms with Gasteiger partial charge < -0.3 is 4.74 Å². The van der Waals surface area contributed by atoms with E-state index in [1.54, 1.807) is 0 Å². The van der Waals surface area contributed by atoms with Crippen LogP contribution in [-0.4, -0.2) is 32.0 Å². The van der Waals surface area contributed by atoms with Gasteiger partial charge in [-0.1, -0.05) is 76.3 Å². The van der Waals surface area contributed by atoms with Crippen molar-refractivity contribution in [2.75, 3.05) is 0 Å². The molecule has 4 rings (SSSR count). The Labute approximate surface area is 204 Å². The van der Waals surface area contributed by atoms with Gasteiger partial charge in [-0.3, -0.25) is 14.4 Å². The van der Waals surface area contributed by atoms with Crippen LogP contribution in [-0.2, 0) is 9.53 Å². The first-order valence-corrected chi connectivity index (χ1v) is 12.2. The number of benzene rings is 1. The van der Waals surface area contributed by atoms with Gasteiger partial charge in [0.1, 0.15) is 17.5 Å². The molecule has 0 saturated carbocycles. The van der Waals surface area contributed by atoms with E-state index in [4.69, 9.17) is 9.73 Å². The van der Waals surface area contributed by atoms with E-state index < -0.39 is 11.6 Å². The number of carbonyl (C=O) groups excluding carboxylic acids is 1. The number of fused-ring (bicyclic) bond motifs is 3. The number of esters is 1. The summed E-state index contributed by atoms with van der Waals surface area (Å²) in [6, 6.07) is 7.59. The van der Waals surface area contributed by atoms with E-state index in [2.05, 4.69) is 40.6 Å². The van der Waals surface area contributed by atoms with Crippen molar-refractivity contribution in [2.24, 2.45) is 4.99 Å². The molecule has 1 unspecified atom stereocenters. The van der Waals surface area contributed by atoms with E-state index in [9.17, 15) is 4.79 Å². The van der Waals surface area contributed by atoms with Crippen LogP contribution in [0.2, 0.25) is 0 Å². The fourth-order valence-corrected chi connectivity index (χ4v) is 3.69. The molecule has 2 heterocycles. The van der Waals surface area contributed by atoms with Crippen molar-refractivity contribution in [3.05, 3.63) is 77.4 Å². The average molecular weight is 463 g/mol. The fraction of sp³-hybridized carbons (Fsp3) is 0.429. The summed E-state index contributed by atoms with van der Waals surface area (Å²) in [4.78, 5) is 17.7. The van der Waals surface area contributed by atoms with Crippen LogP contribution in [0, 0.1) is 6.92 Å². The molecule has 182 valence electrons. The normalized spacial score (nSPS) is 16.2. The number of allylic oxidation sites excluding steroid dienone is 6. The van der Waals surface area contributed by atoms with Gasteiger partial charge in [0, 0.05) is 11.1 Å². The lowest BCUT2D eigenvalue weighted by atomic mass is 9.99. The quantitative estimate of drug-likeness (QED) is 0.479. The summed E-state index contributed by atoms with van der Waals surface area (Å²) in [5.74, 6) is 1.10. The third-order valence-electron chi connectivity index (χ3n) is 4.87. The monoisotopic (exact) mass is 462 g/mol. The van der Waals surface area contributed by atoms with Crippen molar-refractivity contribution >= 4 is 11.7 Å². The Kier molecular flexibility index (Phi) is 9.72. The van der Waals surface area contributed by atoms with E-state index in [1.807, 2.05) is 84.2 Å². The van der Waals surface area contributed by atoms with E-state index >= 15 is 0 Å². The number of ether oxygens (including phenoxy) is 1. The predicted molar refractivity (Wildman–Crippen MR) is 140 cm³/mol. The van der Waals surface area contributed by atoms with Gasteiger partial charge in [0.2, 0.25) is 0 Å². The molecule has 2 aromatic rings. The standard InChI is InChI=1S/C24H26N4O2.2C2H6/c1-16-26-27-23-19(15-21(29)30-24(2,3)4)25-22(17-11-7-5-6-8-12-17)18-13-9-10-14-20(18)28(16)23;2*1-2/h5,7-14,19H,6,15H2,1-4H3;2*1-2H3. The zero-order valence-electron chi connectivity index (χ0n) is 21.8. The average Bonchev–Trinajstić information content (AvgIpc) is 2.97. The molecular weight excluding hydrogens is 424 g/mol. The molecule has 0 saturated heterocycles. The maximum absolute atomic E-state index is 12.7. The summed E-state index contributed by atoms with van der Waals surface area (Å²) in [6.45, 7) is 15.5. The molecular formula is C28H38N4O2. The van der Waals surface area contributed by atoms with Crippen LogP contribution in [0.15, 0.2) is 65.2 Å². The molecule has 1 aromatic carbocycles. The van der Waals surface area contributed by atoms with Crippen molar-refractivity contribution in [1.82, 2.24) is 14.8 Å². The highest BCUT2D eigenvalue weighted by Crippen LogP contribution is 2.33. The minimum Gasteiger partial charge on any atom is -0.460 e. The highest BCUT2D eigenvalue weighted by atomic mass is 16.6. The molecule has 1 aliphatic heterocycles. The number of hydrogen-bond donors (Lipinski definition) is 0. The van der Waals surface area contributed by atoms with Gasteiger partial charge in [-0.2, -0.15) is 0 Å². The van der Waals surface area contributed by atoms with Gasteiger partial charge >= 0.3 is 5.97 Å². The number of hydrogen-bond acceptors (Lipinski definition) is 5. The Morgan fingerprint density at radius 2 is 1.79 bits per heavy atom. The molecule has 2 aliphatic rings.